The third-order valence-corrected chi connectivity index (χ3v) is 2.69. The molecule has 0 aliphatic heterocycles. The van der Waals surface area contributed by atoms with Crippen molar-refractivity contribution >= 4 is 0 Å². The van der Waals surface area contributed by atoms with Crippen molar-refractivity contribution in [1.82, 2.24) is 10.2 Å². The highest BCUT2D eigenvalue weighted by molar-refractivity contribution is 5.19. The van der Waals surface area contributed by atoms with Crippen molar-refractivity contribution in [3.05, 3.63) is 35.1 Å². The maximum Gasteiger partial charge on any atom is 0.194 e. The minimum atomic E-state index is -1.42. The summed E-state index contributed by atoms with van der Waals surface area (Å²) in [4.78, 5) is 2.03. The molecule has 0 aliphatic carbocycles. The lowest BCUT2D eigenvalue weighted by atomic mass is 10.2. The van der Waals surface area contributed by atoms with Crippen molar-refractivity contribution in [3.8, 4) is 0 Å². The van der Waals surface area contributed by atoms with Gasteiger partial charge in [-0.3, -0.25) is 0 Å². The molecule has 0 heterocycles. The summed E-state index contributed by atoms with van der Waals surface area (Å²) in [7, 11) is 3.90. The summed E-state index contributed by atoms with van der Waals surface area (Å²) in [6, 6.07) is 2.32. The fourth-order valence-electron chi connectivity index (χ4n) is 1.32. The molecular formula is C12H17F3N2. The summed E-state index contributed by atoms with van der Waals surface area (Å²) in [5.74, 6) is -3.72. The SMILES string of the molecule is CC(CNCc1cc(F)c(F)c(F)c1)N(C)C. The van der Waals surface area contributed by atoms with Gasteiger partial charge in [-0.05, 0) is 38.7 Å². The number of rotatable bonds is 5. The summed E-state index contributed by atoms with van der Waals surface area (Å²) >= 11 is 0. The van der Waals surface area contributed by atoms with E-state index in [1.54, 1.807) is 0 Å². The number of nitrogens with zero attached hydrogens (tertiary/aromatic N) is 1. The Morgan fingerprint density at radius 3 is 2.18 bits per heavy atom. The molecule has 5 heteroatoms. The quantitative estimate of drug-likeness (QED) is 0.801. The van der Waals surface area contributed by atoms with Crippen LogP contribution < -0.4 is 5.32 Å². The molecule has 0 radical (unpaired) electrons. The average Bonchev–Trinajstić information content (AvgIpc) is 2.25. The zero-order valence-corrected chi connectivity index (χ0v) is 10.2. The molecule has 2 nitrogen and oxygen atoms in total. The van der Waals surface area contributed by atoms with Crippen LogP contribution in [0.1, 0.15) is 12.5 Å². The third-order valence-electron chi connectivity index (χ3n) is 2.69. The van der Waals surface area contributed by atoms with Gasteiger partial charge in [-0.25, -0.2) is 13.2 Å². The molecule has 0 aromatic heterocycles. The van der Waals surface area contributed by atoms with E-state index in [1.165, 1.54) is 0 Å². The number of nitrogens with one attached hydrogen (secondary N) is 1. The predicted molar refractivity (Wildman–Crippen MR) is 61.2 cm³/mol. The van der Waals surface area contributed by atoms with Crippen molar-refractivity contribution in [2.45, 2.75) is 19.5 Å². The molecule has 1 aromatic rings. The molecule has 1 N–H and O–H groups in total. The lowest BCUT2D eigenvalue weighted by Gasteiger charge is -2.20. The minimum Gasteiger partial charge on any atom is -0.311 e. The molecule has 0 aliphatic rings. The molecule has 0 bridgehead atoms. The van der Waals surface area contributed by atoms with Gasteiger partial charge in [-0.2, -0.15) is 0 Å². The van der Waals surface area contributed by atoms with Crippen molar-refractivity contribution < 1.29 is 13.2 Å². The Kier molecular flexibility index (Phi) is 4.96. The second-order valence-corrected chi connectivity index (χ2v) is 4.32. The standard InChI is InChI=1S/C12H17F3N2/c1-8(17(2)3)6-16-7-9-4-10(13)12(15)11(14)5-9/h4-5,8,16H,6-7H2,1-3H3. The second-order valence-electron chi connectivity index (χ2n) is 4.32. The van der Waals surface area contributed by atoms with E-state index in [-0.39, 0.29) is 0 Å². The van der Waals surface area contributed by atoms with Gasteiger partial charge in [-0.15, -0.1) is 0 Å². The van der Waals surface area contributed by atoms with Crippen LogP contribution in [-0.4, -0.2) is 31.6 Å². The van der Waals surface area contributed by atoms with Gasteiger partial charge in [0.1, 0.15) is 0 Å². The Hall–Kier alpha value is -1.07. The molecule has 1 aromatic carbocycles. The van der Waals surface area contributed by atoms with Crippen molar-refractivity contribution in [2.75, 3.05) is 20.6 Å². The van der Waals surface area contributed by atoms with Gasteiger partial charge in [0.2, 0.25) is 0 Å². The largest absolute Gasteiger partial charge is 0.311 e. The van der Waals surface area contributed by atoms with Crippen LogP contribution in [0.2, 0.25) is 0 Å². The molecule has 0 saturated carbocycles. The van der Waals surface area contributed by atoms with Crippen molar-refractivity contribution in [2.24, 2.45) is 0 Å². The Morgan fingerprint density at radius 1 is 1.18 bits per heavy atom. The van der Waals surface area contributed by atoms with Crippen LogP contribution in [0.25, 0.3) is 0 Å². The average molecular weight is 246 g/mol. The van der Waals surface area contributed by atoms with Gasteiger partial charge in [-0.1, -0.05) is 0 Å². The first kappa shape index (κ1) is 14.0. The van der Waals surface area contributed by atoms with Crippen LogP contribution in [0.15, 0.2) is 12.1 Å². The Labute approximate surface area is 99.4 Å². The van der Waals surface area contributed by atoms with E-state index >= 15 is 0 Å². The van der Waals surface area contributed by atoms with Crippen LogP contribution in [0.3, 0.4) is 0 Å². The van der Waals surface area contributed by atoms with Crippen LogP contribution in [0, 0.1) is 17.5 Å². The van der Waals surface area contributed by atoms with Gasteiger partial charge in [0.15, 0.2) is 17.5 Å². The summed E-state index contributed by atoms with van der Waals surface area (Å²) in [5, 5.41) is 3.06. The maximum atomic E-state index is 12.9. The fourth-order valence-corrected chi connectivity index (χ4v) is 1.32. The highest BCUT2D eigenvalue weighted by Gasteiger charge is 2.10. The lowest BCUT2D eigenvalue weighted by molar-refractivity contribution is 0.302. The first-order valence-electron chi connectivity index (χ1n) is 5.42. The maximum absolute atomic E-state index is 12.9. The molecular weight excluding hydrogens is 229 g/mol. The smallest absolute Gasteiger partial charge is 0.194 e. The van der Waals surface area contributed by atoms with Crippen LogP contribution >= 0.6 is 0 Å². The molecule has 17 heavy (non-hydrogen) atoms. The molecule has 1 atom stereocenters. The normalized spacial score (nSPS) is 13.1. The van der Waals surface area contributed by atoms with Gasteiger partial charge in [0.05, 0.1) is 0 Å². The zero-order chi connectivity index (χ0) is 13.0. The summed E-state index contributed by atoms with van der Waals surface area (Å²) in [6.45, 7) is 3.03. The second kappa shape index (κ2) is 6.02. The molecule has 96 valence electrons. The topological polar surface area (TPSA) is 15.3 Å². The molecule has 0 amide bonds. The van der Waals surface area contributed by atoms with E-state index in [1.807, 2.05) is 25.9 Å². The fraction of sp³-hybridized carbons (Fsp3) is 0.500. The Balaban J connectivity index is 2.53. The molecule has 0 spiro atoms. The van der Waals surface area contributed by atoms with Crippen LogP contribution in [0.5, 0.6) is 0 Å². The summed E-state index contributed by atoms with van der Waals surface area (Å²) in [5.41, 5.74) is 0.396. The molecule has 0 saturated heterocycles. The predicted octanol–water partition coefficient (Wildman–Crippen LogP) is 2.14. The lowest BCUT2D eigenvalue weighted by Crippen LogP contribution is -2.35. The third kappa shape index (κ3) is 4.02. The van der Waals surface area contributed by atoms with Crippen molar-refractivity contribution in [3.63, 3.8) is 0 Å². The van der Waals surface area contributed by atoms with Gasteiger partial charge < -0.3 is 10.2 Å². The number of likely N-dealkylation sites (N-methyl/N-ethyl adjacent to an activating group) is 1. The number of benzene rings is 1. The Morgan fingerprint density at radius 2 is 1.71 bits per heavy atom. The van der Waals surface area contributed by atoms with Crippen molar-refractivity contribution in [1.29, 1.82) is 0 Å². The first-order valence-corrected chi connectivity index (χ1v) is 5.42. The number of hydrogen-bond acceptors (Lipinski definition) is 2. The molecule has 1 unspecified atom stereocenters. The number of hydrogen-bond donors (Lipinski definition) is 1. The van der Waals surface area contributed by atoms with E-state index in [4.69, 9.17) is 0 Å². The van der Waals surface area contributed by atoms with Gasteiger partial charge in [0, 0.05) is 19.1 Å². The zero-order valence-electron chi connectivity index (χ0n) is 10.2. The van der Waals surface area contributed by atoms with E-state index in [2.05, 4.69) is 5.32 Å². The Bertz CT molecular complexity index is 357. The first-order chi connectivity index (χ1) is 7.91. The van der Waals surface area contributed by atoms with E-state index in [0.29, 0.717) is 24.7 Å². The molecule has 0 fully saturated rings. The van der Waals surface area contributed by atoms with E-state index in [9.17, 15) is 13.2 Å². The highest BCUT2D eigenvalue weighted by atomic mass is 19.2. The highest BCUT2D eigenvalue weighted by Crippen LogP contribution is 2.13. The number of halogens is 3. The minimum absolute atomic E-state index is 0.310. The summed E-state index contributed by atoms with van der Waals surface area (Å²) in [6.07, 6.45) is 0. The summed E-state index contributed by atoms with van der Waals surface area (Å²) < 4.78 is 38.5. The molecule has 1 rings (SSSR count). The van der Waals surface area contributed by atoms with Gasteiger partial charge >= 0.3 is 0 Å². The van der Waals surface area contributed by atoms with E-state index < -0.39 is 17.5 Å². The van der Waals surface area contributed by atoms with Crippen LogP contribution in [0.4, 0.5) is 13.2 Å². The monoisotopic (exact) mass is 246 g/mol. The van der Waals surface area contributed by atoms with E-state index in [0.717, 1.165) is 12.1 Å². The van der Waals surface area contributed by atoms with Gasteiger partial charge in [0.25, 0.3) is 0 Å². The van der Waals surface area contributed by atoms with Crippen LogP contribution in [-0.2, 0) is 6.54 Å².